The van der Waals surface area contributed by atoms with Gasteiger partial charge in [-0.05, 0) is 45.4 Å². The topological polar surface area (TPSA) is 114 Å². The molecule has 1 heterocycles. The Bertz CT molecular complexity index is 693. The third-order valence-corrected chi connectivity index (χ3v) is 3.65. The summed E-state index contributed by atoms with van der Waals surface area (Å²) in [4.78, 5) is 36.5. The second-order valence-corrected chi connectivity index (χ2v) is 7.19. The van der Waals surface area contributed by atoms with Crippen molar-refractivity contribution in [3.8, 4) is 5.75 Å². The minimum absolute atomic E-state index is 0.0975. The van der Waals surface area contributed by atoms with Gasteiger partial charge in [-0.1, -0.05) is 12.1 Å². The quantitative estimate of drug-likeness (QED) is 0.538. The molecule has 1 aliphatic heterocycles. The van der Waals surface area contributed by atoms with Crippen molar-refractivity contribution in [3.05, 3.63) is 29.8 Å². The van der Waals surface area contributed by atoms with E-state index >= 15 is 0 Å². The fourth-order valence-corrected chi connectivity index (χ4v) is 2.40. The second-order valence-electron chi connectivity index (χ2n) is 7.19. The highest BCUT2D eigenvalue weighted by atomic mass is 16.6. The van der Waals surface area contributed by atoms with E-state index in [1.54, 1.807) is 39.8 Å². The van der Waals surface area contributed by atoms with Gasteiger partial charge in [-0.2, -0.15) is 0 Å². The standard InChI is InChI=1S/C19H25NO7/c1-5-25-18(24)15-14(26-15)16(22)20-13(17(23)27-19(2,3)4)10-11-6-8-12(21)9-7-11/h6-9,13-15,21H,5,10H2,1-4H3,(H,20,22). The molecule has 148 valence electrons. The van der Waals surface area contributed by atoms with Crippen LogP contribution in [0, 0.1) is 0 Å². The van der Waals surface area contributed by atoms with Gasteiger partial charge in [-0.3, -0.25) is 4.79 Å². The van der Waals surface area contributed by atoms with Crippen LogP contribution < -0.4 is 5.32 Å². The fraction of sp³-hybridized carbons (Fsp3) is 0.526. The van der Waals surface area contributed by atoms with Crippen LogP contribution in [0.2, 0.25) is 0 Å². The number of carbonyl (C=O) groups is 3. The van der Waals surface area contributed by atoms with E-state index in [4.69, 9.17) is 14.2 Å². The Labute approximate surface area is 157 Å². The van der Waals surface area contributed by atoms with Crippen molar-refractivity contribution in [2.75, 3.05) is 6.61 Å². The predicted molar refractivity (Wildman–Crippen MR) is 94.9 cm³/mol. The van der Waals surface area contributed by atoms with E-state index in [1.165, 1.54) is 12.1 Å². The van der Waals surface area contributed by atoms with E-state index in [0.717, 1.165) is 5.56 Å². The summed E-state index contributed by atoms with van der Waals surface area (Å²) < 4.78 is 15.3. The zero-order valence-corrected chi connectivity index (χ0v) is 15.9. The molecule has 0 saturated carbocycles. The molecule has 27 heavy (non-hydrogen) atoms. The second kappa shape index (κ2) is 8.39. The lowest BCUT2D eigenvalue weighted by Gasteiger charge is -2.24. The molecular formula is C19H25NO7. The van der Waals surface area contributed by atoms with E-state index in [-0.39, 0.29) is 18.8 Å². The third kappa shape index (κ3) is 6.25. The van der Waals surface area contributed by atoms with Crippen LogP contribution in [0.3, 0.4) is 0 Å². The van der Waals surface area contributed by atoms with E-state index in [2.05, 4.69) is 5.32 Å². The Morgan fingerprint density at radius 3 is 2.37 bits per heavy atom. The number of amides is 1. The van der Waals surface area contributed by atoms with Crippen molar-refractivity contribution < 1.29 is 33.7 Å². The SMILES string of the molecule is CCOC(=O)C1OC1C(=O)NC(Cc1ccc(O)cc1)C(=O)OC(C)(C)C. The molecule has 3 atom stereocenters. The Morgan fingerprint density at radius 1 is 1.19 bits per heavy atom. The third-order valence-electron chi connectivity index (χ3n) is 3.65. The van der Waals surface area contributed by atoms with Crippen LogP contribution in [0.15, 0.2) is 24.3 Å². The van der Waals surface area contributed by atoms with Crippen LogP contribution in [-0.4, -0.2) is 53.4 Å². The smallest absolute Gasteiger partial charge is 0.338 e. The lowest BCUT2D eigenvalue weighted by molar-refractivity contribution is -0.158. The van der Waals surface area contributed by atoms with Crippen molar-refractivity contribution in [3.63, 3.8) is 0 Å². The van der Waals surface area contributed by atoms with Gasteiger partial charge in [0.25, 0.3) is 5.91 Å². The number of phenolic OH excluding ortho intramolecular Hbond substituents is 1. The number of benzene rings is 1. The molecule has 1 aromatic rings. The molecule has 0 aromatic heterocycles. The van der Waals surface area contributed by atoms with Gasteiger partial charge in [0.1, 0.15) is 17.4 Å². The minimum atomic E-state index is -0.978. The number of hydrogen-bond acceptors (Lipinski definition) is 7. The summed E-state index contributed by atoms with van der Waals surface area (Å²) in [6, 6.07) is 5.31. The molecule has 2 rings (SSSR count). The van der Waals surface area contributed by atoms with Crippen LogP contribution in [0.4, 0.5) is 0 Å². The first-order chi connectivity index (χ1) is 12.6. The highest BCUT2D eigenvalue weighted by Crippen LogP contribution is 2.24. The van der Waals surface area contributed by atoms with Crippen molar-refractivity contribution in [1.29, 1.82) is 0 Å². The number of hydrogen-bond donors (Lipinski definition) is 2. The number of esters is 2. The zero-order valence-electron chi connectivity index (χ0n) is 15.9. The normalized spacial score (nSPS) is 19.7. The van der Waals surface area contributed by atoms with Crippen molar-refractivity contribution >= 4 is 17.8 Å². The maximum absolute atomic E-state index is 12.5. The summed E-state index contributed by atoms with van der Waals surface area (Å²) >= 11 is 0. The summed E-state index contributed by atoms with van der Waals surface area (Å²) in [5.41, 5.74) is 0.001000. The number of epoxide rings is 1. The lowest BCUT2D eigenvalue weighted by Crippen LogP contribution is -2.47. The molecule has 0 aliphatic carbocycles. The molecule has 1 aliphatic rings. The van der Waals surface area contributed by atoms with Crippen LogP contribution >= 0.6 is 0 Å². The van der Waals surface area contributed by atoms with Gasteiger partial charge in [0.05, 0.1) is 6.61 Å². The molecule has 1 aromatic carbocycles. The fourth-order valence-electron chi connectivity index (χ4n) is 2.40. The lowest BCUT2D eigenvalue weighted by atomic mass is 10.0. The predicted octanol–water partition coefficient (Wildman–Crippen LogP) is 1.09. The molecule has 1 fully saturated rings. The maximum atomic E-state index is 12.5. The van der Waals surface area contributed by atoms with Gasteiger partial charge >= 0.3 is 11.9 Å². The van der Waals surface area contributed by atoms with Crippen LogP contribution in [-0.2, 0) is 35.0 Å². The highest BCUT2D eigenvalue weighted by molar-refractivity contribution is 5.94. The van der Waals surface area contributed by atoms with Gasteiger partial charge in [0.15, 0.2) is 12.2 Å². The Kier molecular flexibility index (Phi) is 6.43. The van der Waals surface area contributed by atoms with Gasteiger partial charge in [0, 0.05) is 6.42 Å². The minimum Gasteiger partial charge on any atom is -0.508 e. The first-order valence-corrected chi connectivity index (χ1v) is 8.74. The molecule has 8 nitrogen and oxygen atoms in total. The largest absolute Gasteiger partial charge is 0.508 e. The molecule has 2 N–H and O–H groups in total. The number of phenols is 1. The molecule has 1 amide bonds. The van der Waals surface area contributed by atoms with E-state index < -0.39 is 41.7 Å². The summed E-state index contributed by atoms with van der Waals surface area (Å²) in [7, 11) is 0. The van der Waals surface area contributed by atoms with Gasteiger partial charge < -0.3 is 24.6 Å². The first kappa shape index (κ1) is 20.7. The zero-order chi connectivity index (χ0) is 20.2. The number of rotatable bonds is 7. The summed E-state index contributed by atoms with van der Waals surface area (Å²) in [5, 5.41) is 12.0. The average molecular weight is 379 g/mol. The molecule has 0 bridgehead atoms. The van der Waals surface area contributed by atoms with Crippen molar-refractivity contribution in [1.82, 2.24) is 5.32 Å². The molecule has 3 unspecified atom stereocenters. The summed E-state index contributed by atoms with van der Waals surface area (Å²) in [6.07, 6.45) is -1.76. The molecule has 0 spiro atoms. The Balaban J connectivity index is 2.05. The van der Waals surface area contributed by atoms with Crippen molar-refractivity contribution in [2.24, 2.45) is 0 Å². The molecule has 1 saturated heterocycles. The van der Waals surface area contributed by atoms with E-state index in [1.807, 2.05) is 0 Å². The monoisotopic (exact) mass is 379 g/mol. The number of nitrogens with one attached hydrogen (secondary N) is 1. The van der Waals surface area contributed by atoms with Gasteiger partial charge in [0.2, 0.25) is 0 Å². The number of aromatic hydroxyl groups is 1. The molecular weight excluding hydrogens is 354 g/mol. The Hall–Kier alpha value is -2.61. The summed E-state index contributed by atoms with van der Waals surface area (Å²) in [6.45, 7) is 7.03. The van der Waals surface area contributed by atoms with Crippen LogP contribution in [0.5, 0.6) is 5.75 Å². The average Bonchev–Trinajstić information content (AvgIpc) is 3.35. The van der Waals surface area contributed by atoms with Crippen LogP contribution in [0.25, 0.3) is 0 Å². The van der Waals surface area contributed by atoms with Crippen LogP contribution in [0.1, 0.15) is 33.3 Å². The number of ether oxygens (including phenoxy) is 3. The van der Waals surface area contributed by atoms with Crippen molar-refractivity contribution in [2.45, 2.75) is 58.0 Å². The first-order valence-electron chi connectivity index (χ1n) is 8.74. The summed E-state index contributed by atoms with van der Waals surface area (Å²) in [5.74, 6) is -1.69. The van der Waals surface area contributed by atoms with Gasteiger partial charge in [-0.15, -0.1) is 0 Å². The maximum Gasteiger partial charge on any atom is 0.338 e. The molecule has 8 heteroatoms. The van der Waals surface area contributed by atoms with E-state index in [9.17, 15) is 19.5 Å². The molecule has 0 radical (unpaired) electrons. The van der Waals surface area contributed by atoms with E-state index in [0.29, 0.717) is 0 Å². The highest BCUT2D eigenvalue weighted by Gasteiger charge is 2.52. The van der Waals surface area contributed by atoms with Gasteiger partial charge in [-0.25, -0.2) is 9.59 Å². The number of carbonyl (C=O) groups excluding carboxylic acids is 3. The Morgan fingerprint density at radius 2 is 1.81 bits per heavy atom.